The van der Waals surface area contributed by atoms with Crippen molar-refractivity contribution in [2.45, 2.75) is 220 Å². The number of amides is 17. The van der Waals surface area contributed by atoms with Crippen LogP contribution in [0.4, 0.5) is 0 Å². The number of nitrogens with one attached hydrogen (secondary N) is 15. The maximum absolute atomic E-state index is 15.0. The van der Waals surface area contributed by atoms with Crippen LogP contribution in [0.1, 0.15) is 168 Å². The number of fused-ring (bicyclic) bond motifs is 4. The number of hydrogen-bond donors (Lipinski definition) is 21. The van der Waals surface area contributed by atoms with Gasteiger partial charge in [-0.05, 0) is 157 Å². The van der Waals surface area contributed by atoms with E-state index in [4.69, 9.17) is 36.8 Å². The molecule has 2 saturated carbocycles. The van der Waals surface area contributed by atoms with E-state index in [1.807, 2.05) is 6.92 Å². The number of carbonyl (C=O) groups is 18. The number of carboxylic acids is 1. The van der Waals surface area contributed by atoms with Gasteiger partial charge in [0.2, 0.25) is 88.6 Å². The highest BCUT2D eigenvalue weighted by Gasteiger charge is 2.51. The molecule has 5 aliphatic heterocycles. The molecule has 0 radical (unpaired) electrons. The number of unbranched alkanes of at least 4 members (excludes halogenated alkanes) is 2. The number of rotatable bonds is 54. The Labute approximate surface area is 779 Å². The molecule has 0 bridgehead atoms. The van der Waals surface area contributed by atoms with Crippen LogP contribution >= 0.6 is 11.8 Å². The lowest BCUT2D eigenvalue weighted by molar-refractivity contribution is -0.148. The Morgan fingerprint density at radius 2 is 1.07 bits per heavy atom. The minimum absolute atomic E-state index is 0.00912. The molecule has 134 heavy (non-hydrogen) atoms. The van der Waals surface area contributed by atoms with Gasteiger partial charge in [0, 0.05) is 75.7 Å². The SMILES string of the molecule is CCOCCOCCCNC(=O)COc1ccc2c(c1)[C@@H]1SC[C@@H](C(=O)NCC(=O)NCC(=O)NCC(=O)NCC(=O)NCC(=O)N[C@@H](CCCCN)C(=O)N[C@@H](CCCCN)C(=O)N[C@@H](CCCNC(=N)N)C(=O)N3CCC[C@H]3C(=O)N3C[C@H](O)C[C@H]3C(=O)NCC(=O)N[C@H](C(=O)N[C@@H](CO)C(=O)N3Cc4ccccc4C[C@@H]3C(=O)N[C@H](C(=O)O)C3CCCC3)C3CCCC3)N1C2=O. The van der Waals surface area contributed by atoms with E-state index in [0.29, 0.717) is 120 Å². The second-order valence-electron chi connectivity index (χ2n) is 34.0. The number of β-amino-alcohol motifs (C(OH)–C–C–N with tert-alkyl or cyclic N) is 1. The van der Waals surface area contributed by atoms with Crippen LogP contribution in [0.25, 0.3) is 0 Å². The van der Waals surface area contributed by atoms with Crippen molar-refractivity contribution < 1.29 is 116 Å². The molecule has 2 aromatic rings. The number of aliphatic hydroxyl groups excluding tert-OH is 2. The number of carbonyl (C=O) groups excluding carboxylic acids is 17. The maximum atomic E-state index is 15.0. The van der Waals surface area contributed by atoms with Gasteiger partial charge in [0.05, 0.1) is 65.2 Å². The van der Waals surface area contributed by atoms with Crippen molar-refractivity contribution in [1.82, 2.24) is 94.0 Å². The van der Waals surface area contributed by atoms with Crippen molar-refractivity contribution in [2.24, 2.45) is 29.0 Å². The summed E-state index contributed by atoms with van der Waals surface area (Å²) in [7, 11) is 0. The number of ether oxygens (including phenoxy) is 3. The van der Waals surface area contributed by atoms with E-state index in [0.717, 1.165) is 23.3 Å². The van der Waals surface area contributed by atoms with Gasteiger partial charge in [-0.25, -0.2) is 4.79 Å². The van der Waals surface area contributed by atoms with Crippen LogP contribution in [0.3, 0.4) is 0 Å². The van der Waals surface area contributed by atoms with Crippen molar-refractivity contribution in [3.63, 3.8) is 0 Å². The summed E-state index contributed by atoms with van der Waals surface area (Å²) in [4.78, 5) is 251. The van der Waals surface area contributed by atoms with Crippen LogP contribution in [-0.2, 0) is 104 Å². The minimum atomic E-state index is -1.63. The molecule has 3 saturated heterocycles. The largest absolute Gasteiger partial charge is 0.484 e. The molecule has 2 aromatic carbocycles. The predicted molar refractivity (Wildman–Crippen MR) is 481 cm³/mol. The van der Waals surface area contributed by atoms with E-state index in [1.165, 1.54) is 26.5 Å². The summed E-state index contributed by atoms with van der Waals surface area (Å²) in [5.41, 5.74) is 19.6. The number of hydrogen-bond acceptors (Lipinski definition) is 27. The molecular formula is C87H130N22O24S. The smallest absolute Gasteiger partial charge is 0.326 e. The molecule has 738 valence electrons. The first-order valence-corrected chi connectivity index (χ1v) is 47.0. The third kappa shape index (κ3) is 31.3. The normalized spacial score (nSPS) is 19.7. The lowest BCUT2D eigenvalue weighted by Gasteiger charge is -2.38. The van der Waals surface area contributed by atoms with E-state index in [1.54, 1.807) is 42.5 Å². The number of thioether (sulfide) groups is 1. The van der Waals surface area contributed by atoms with Crippen LogP contribution in [0.5, 0.6) is 5.75 Å². The van der Waals surface area contributed by atoms with E-state index in [2.05, 4.69) is 74.4 Å². The number of nitrogens with zero attached hydrogens (tertiary/aromatic N) is 4. The van der Waals surface area contributed by atoms with Gasteiger partial charge in [-0.2, -0.15) is 0 Å². The Bertz CT molecular complexity index is 4480. The third-order valence-electron chi connectivity index (χ3n) is 24.4. The molecule has 0 unspecified atom stereocenters. The molecule has 5 fully saturated rings. The average molecular weight is 1900 g/mol. The van der Waals surface area contributed by atoms with Gasteiger partial charge in [-0.15, -0.1) is 11.8 Å². The van der Waals surface area contributed by atoms with E-state index < -0.39 is 224 Å². The van der Waals surface area contributed by atoms with Gasteiger partial charge in [-0.3, -0.25) is 86.9 Å². The van der Waals surface area contributed by atoms with Crippen molar-refractivity contribution in [1.29, 1.82) is 5.41 Å². The third-order valence-corrected chi connectivity index (χ3v) is 25.7. The highest BCUT2D eigenvalue weighted by molar-refractivity contribution is 7.99. The summed E-state index contributed by atoms with van der Waals surface area (Å²) in [6, 6.07) is -1.23. The van der Waals surface area contributed by atoms with Crippen LogP contribution in [0.15, 0.2) is 42.5 Å². The van der Waals surface area contributed by atoms with Gasteiger partial charge in [-0.1, -0.05) is 49.9 Å². The minimum Gasteiger partial charge on any atom is -0.484 e. The van der Waals surface area contributed by atoms with Crippen molar-refractivity contribution in [3.05, 3.63) is 64.7 Å². The second kappa shape index (κ2) is 53.8. The zero-order valence-corrected chi connectivity index (χ0v) is 76.3. The topological polar surface area (TPSA) is 679 Å². The summed E-state index contributed by atoms with van der Waals surface area (Å²) in [6.45, 7) is -0.960. The lowest BCUT2D eigenvalue weighted by Crippen LogP contribution is -2.62. The Hall–Kier alpha value is -11.9. The van der Waals surface area contributed by atoms with Gasteiger partial charge < -0.3 is 141 Å². The Morgan fingerprint density at radius 1 is 0.522 bits per heavy atom. The molecule has 17 amide bonds. The summed E-state index contributed by atoms with van der Waals surface area (Å²) < 4.78 is 16.4. The molecule has 0 aromatic heterocycles. The molecule has 9 rings (SSSR count). The van der Waals surface area contributed by atoms with E-state index in [9.17, 15) is 96.8 Å². The number of aliphatic hydroxyl groups is 2. The zero-order valence-electron chi connectivity index (χ0n) is 75.5. The lowest BCUT2D eigenvalue weighted by atomic mass is 9.91. The Morgan fingerprint density at radius 3 is 1.68 bits per heavy atom. The Balaban J connectivity index is 0.721. The highest BCUT2D eigenvalue weighted by atomic mass is 32.2. The van der Waals surface area contributed by atoms with Crippen molar-refractivity contribution >= 4 is 124 Å². The number of carboxylic acid groups (broad SMARTS) is 1. The summed E-state index contributed by atoms with van der Waals surface area (Å²) in [5.74, 6) is -14.7. The second-order valence-corrected chi connectivity index (χ2v) is 35.2. The number of aliphatic carboxylic acids is 1. The standard InChI is InChI=1S/C87H130N22O24S/c1-2-131-34-35-132-33-15-31-92-72(118)48-133-55-26-27-56-57(38-55)85-109(81(56)125)65(49-134-85)78(122)98-42-69(115)96-40-67(113)94-39-66(112)95-41-68(114)97-43-70(116)100-58(22-9-11-28-88)75(119)101-59(23-10-12-29-89)76(120)102-60(24-13-30-93-87(90)91)82(126)106-32-14-25-62(106)84(128)108-46-54(111)37-64(108)77(121)99-44-71(117)104-73(50-16-3-4-17-50)80(124)103-61(47-110)83(127)107-45-53-21-8-7-20-52(53)36-63(107)79(123)105-74(86(129)130)51-18-5-6-19-51/h7-8,20-21,26-27,38,50-51,54,58-65,73-74,85,110-111H,2-6,9-19,22-25,28-37,39-49,88-89H2,1H3,(H,92,118)(H,94,113)(H,95,112)(H,96,115)(H,97,114)(H,98,122)(H,99,121)(H,100,116)(H,101,119)(H,102,120)(H,103,124)(H,104,117)(H,105,123)(H,129,130)(H4,90,91,93)/t54-,58+,59+,60+,61+,62+,63-,64+,65+,73+,74+,85+/m1/s1. The molecule has 46 nitrogen and oxygen atoms in total. The first-order chi connectivity index (χ1) is 64.4. The van der Waals surface area contributed by atoms with Crippen molar-refractivity contribution in [2.75, 3.05) is 124 Å². The molecule has 2 aliphatic carbocycles. The quantitative estimate of drug-likeness (QED) is 0.0166. The average Bonchev–Trinajstić information content (AvgIpc) is 1.44. The van der Waals surface area contributed by atoms with Crippen LogP contribution in [-0.4, -0.2) is 338 Å². The fraction of sp³-hybridized carbons (Fsp3) is 0.644. The first-order valence-electron chi connectivity index (χ1n) is 46.0. The molecular weight excluding hydrogens is 1770 g/mol. The highest BCUT2D eigenvalue weighted by Crippen LogP contribution is 2.49. The number of nitrogens with two attached hydrogens (primary N) is 3. The fourth-order valence-corrected chi connectivity index (χ4v) is 18.9. The van der Waals surface area contributed by atoms with E-state index >= 15 is 4.79 Å². The predicted octanol–water partition coefficient (Wildman–Crippen LogP) is -6.31. The molecule has 24 N–H and O–H groups in total. The van der Waals surface area contributed by atoms with Gasteiger partial charge in [0.25, 0.3) is 11.8 Å². The molecule has 12 atom stereocenters. The number of benzene rings is 2. The monoisotopic (exact) mass is 1900 g/mol. The van der Waals surface area contributed by atoms with Gasteiger partial charge in [0.1, 0.15) is 71.5 Å². The summed E-state index contributed by atoms with van der Waals surface area (Å²) in [6.07, 6.45) is 5.87. The maximum Gasteiger partial charge on any atom is 0.326 e. The first kappa shape index (κ1) is 106. The number of guanidine groups is 1. The van der Waals surface area contributed by atoms with Crippen LogP contribution in [0, 0.1) is 17.2 Å². The number of likely N-dealkylation sites (tertiary alicyclic amines) is 2. The molecule has 0 spiro atoms. The van der Waals surface area contributed by atoms with Crippen LogP contribution < -0.4 is 96.4 Å². The molecule has 47 heteroatoms. The summed E-state index contributed by atoms with van der Waals surface area (Å²) >= 11 is 1.33. The fourth-order valence-electron chi connectivity index (χ4n) is 17.4. The zero-order chi connectivity index (χ0) is 96.9. The van der Waals surface area contributed by atoms with Gasteiger partial charge >= 0.3 is 5.97 Å². The van der Waals surface area contributed by atoms with E-state index in [-0.39, 0.29) is 127 Å². The summed E-state index contributed by atoms with van der Waals surface area (Å²) in [5, 5.41) is 74.7. The Kier molecular flexibility index (Phi) is 42.5. The molecule has 5 heterocycles. The van der Waals surface area contributed by atoms with Crippen LogP contribution in [0.2, 0.25) is 0 Å². The molecule has 7 aliphatic rings. The van der Waals surface area contributed by atoms with Crippen molar-refractivity contribution in [3.8, 4) is 5.75 Å². The van der Waals surface area contributed by atoms with Gasteiger partial charge in [0.15, 0.2) is 12.6 Å².